The molecule has 0 saturated heterocycles. The molecule has 1 unspecified atom stereocenters. The van der Waals surface area contributed by atoms with Crippen LogP contribution in [0.25, 0.3) is 0 Å². The van der Waals surface area contributed by atoms with Gasteiger partial charge in [-0.2, -0.15) is 5.10 Å². The molecular weight excluding hydrogens is 402 g/mol. The summed E-state index contributed by atoms with van der Waals surface area (Å²) in [6.07, 6.45) is 0.0388. The number of hydrogen-bond donors (Lipinski definition) is 2. The van der Waals surface area contributed by atoms with E-state index in [2.05, 4.69) is 10.5 Å². The van der Waals surface area contributed by atoms with Crippen LogP contribution < -0.4 is 10.2 Å². The number of aliphatic hydroxyl groups is 1. The van der Waals surface area contributed by atoms with Gasteiger partial charge in [0.2, 0.25) is 0 Å². The second-order valence-corrected chi connectivity index (χ2v) is 6.31. The van der Waals surface area contributed by atoms with Crippen molar-refractivity contribution in [3.8, 4) is 5.75 Å². The van der Waals surface area contributed by atoms with E-state index in [1.165, 1.54) is 42.6 Å². The number of ether oxygens (including phenoxy) is 1. The number of carbonyl (C=O) groups excluding carboxylic acids is 2. The van der Waals surface area contributed by atoms with Crippen LogP contribution in [0.4, 0.5) is 5.69 Å². The summed E-state index contributed by atoms with van der Waals surface area (Å²) in [5.41, 5.74) is 3.38. The molecule has 1 amide bonds. The first-order chi connectivity index (χ1) is 14.9. The Labute approximate surface area is 176 Å². The Hall–Kier alpha value is -4.37. The number of carbonyl (C=O) groups is 2. The Morgan fingerprint density at radius 1 is 1.00 bits per heavy atom. The molecule has 3 aromatic rings. The van der Waals surface area contributed by atoms with Gasteiger partial charge in [-0.05, 0) is 47.5 Å². The van der Waals surface area contributed by atoms with E-state index in [0.29, 0.717) is 11.1 Å². The summed E-state index contributed by atoms with van der Waals surface area (Å²) < 4.78 is 5.22. The molecule has 0 aliphatic heterocycles. The van der Waals surface area contributed by atoms with E-state index in [-0.39, 0.29) is 17.0 Å². The largest absolute Gasteiger partial charge is 0.423 e. The van der Waals surface area contributed by atoms with Crippen LogP contribution in [0.5, 0.6) is 5.75 Å². The molecule has 156 valence electrons. The highest BCUT2D eigenvalue weighted by Gasteiger charge is 2.16. The average molecular weight is 419 g/mol. The molecule has 0 saturated carbocycles. The molecular formula is C22H17N3O6. The molecule has 0 bridgehead atoms. The molecule has 9 nitrogen and oxygen atoms in total. The van der Waals surface area contributed by atoms with Crippen molar-refractivity contribution >= 4 is 23.8 Å². The van der Waals surface area contributed by atoms with Crippen molar-refractivity contribution in [1.82, 2.24) is 5.43 Å². The lowest BCUT2D eigenvalue weighted by Gasteiger charge is -2.08. The minimum absolute atomic E-state index is 0.122. The maximum absolute atomic E-state index is 12.1. The minimum Gasteiger partial charge on any atom is -0.423 e. The zero-order valence-electron chi connectivity index (χ0n) is 16.0. The van der Waals surface area contributed by atoms with Crippen LogP contribution in [0.15, 0.2) is 84.0 Å². The first-order valence-corrected chi connectivity index (χ1v) is 9.06. The van der Waals surface area contributed by atoms with E-state index in [4.69, 9.17) is 4.74 Å². The summed E-state index contributed by atoms with van der Waals surface area (Å²) in [6, 6.07) is 19.8. The van der Waals surface area contributed by atoms with E-state index in [0.717, 1.165) is 0 Å². The first kappa shape index (κ1) is 21.3. The van der Waals surface area contributed by atoms with Crippen molar-refractivity contribution in [2.24, 2.45) is 5.10 Å². The number of benzene rings is 3. The fourth-order valence-corrected chi connectivity index (χ4v) is 2.53. The monoisotopic (exact) mass is 419 g/mol. The number of nitrogens with zero attached hydrogens (tertiary/aromatic N) is 2. The van der Waals surface area contributed by atoms with Crippen molar-refractivity contribution in [3.05, 3.63) is 106 Å². The van der Waals surface area contributed by atoms with Gasteiger partial charge < -0.3 is 9.84 Å². The van der Waals surface area contributed by atoms with Gasteiger partial charge in [-0.25, -0.2) is 10.2 Å². The quantitative estimate of drug-likeness (QED) is 0.199. The molecule has 0 radical (unpaired) electrons. The second-order valence-electron chi connectivity index (χ2n) is 6.31. The van der Waals surface area contributed by atoms with Crippen molar-refractivity contribution in [3.63, 3.8) is 0 Å². The number of hydrogen-bond acceptors (Lipinski definition) is 7. The minimum atomic E-state index is -1.33. The number of non-ortho nitro benzene ring substituents is 1. The maximum atomic E-state index is 12.1. The summed E-state index contributed by atoms with van der Waals surface area (Å²) >= 11 is 0. The highest BCUT2D eigenvalue weighted by molar-refractivity contribution is 5.91. The average Bonchev–Trinajstić information content (AvgIpc) is 2.80. The molecule has 0 fully saturated rings. The summed E-state index contributed by atoms with van der Waals surface area (Å²) in [6.45, 7) is 0. The van der Waals surface area contributed by atoms with Crippen LogP contribution in [-0.4, -0.2) is 28.1 Å². The van der Waals surface area contributed by atoms with Crippen LogP contribution in [0, 0.1) is 10.1 Å². The van der Waals surface area contributed by atoms with Gasteiger partial charge in [0.1, 0.15) is 5.75 Å². The molecule has 3 rings (SSSR count). The predicted molar refractivity (Wildman–Crippen MR) is 112 cm³/mol. The molecule has 0 aliphatic rings. The van der Waals surface area contributed by atoms with Crippen LogP contribution in [0.3, 0.4) is 0 Å². The lowest BCUT2D eigenvalue weighted by Crippen LogP contribution is -2.25. The van der Waals surface area contributed by atoms with Crippen LogP contribution in [-0.2, 0) is 4.79 Å². The Morgan fingerprint density at radius 2 is 1.65 bits per heavy atom. The zero-order valence-corrected chi connectivity index (χ0v) is 16.0. The van der Waals surface area contributed by atoms with E-state index >= 15 is 0 Å². The van der Waals surface area contributed by atoms with Gasteiger partial charge in [0.25, 0.3) is 11.6 Å². The van der Waals surface area contributed by atoms with Gasteiger partial charge >= 0.3 is 5.97 Å². The number of nitro benzene ring substituents is 1. The number of nitro groups is 1. The summed E-state index contributed by atoms with van der Waals surface area (Å²) in [5, 5.41) is 24.4. The van der Waals surface area contributed by atoms with Crippen LogP contribution in [0.1, 0.15) is 27.6 Å². The normalized spacial score (nSPS) is 11.6. The molecule has 31 heavy (non-hydrogen) atoms. The standard InChI is InChI=1S/C22H17N3O6/c26-20(16-4-2-1-3-5-16)21(27)24-23-14-15-6-12-19(13-7-15)31-22(28)17-8-10-18(11-9-17)25(29)30/h1-14,20,26H,(H,24,27)/b23-14+. The number of amides is 1. The van der Waals surface area contributed by atoms with Gasteiger partial charge in [-0.15, -0.1) is 0 Å². The Bertz CT molecular complexity index is 1100. The van der Waals surface area contributed by atoms with Crippen molar-refractivity contribution in [1.29, 1.82) is 0 Å². The third kappa shape index (κ3) is 5.81. The molecule has 3 aromatic carbocycles. The van der Waals surface area contributed by atoms with Gasteiger partial charge in [0.05, 0.1) is 16.7 Å². The summed E-state index contributed by atoms with van der Waals surface area (Å²) in [7, 11) is 0. The maximum Gasteiger partial charge on any atom is 0.343 e. The first-order valence-electron chi connectivity index (χ1n) is 9.06. The number of nitrogens with one attached hydrogen (secondary N) is 1. The molecule has 9 heteroatoms. The van der Waals surface area contributed by atoms with E-state index in [1.54, 1.807) is 42.5 Å². The number of esters is 1. The highest BCUT2D eigenvalue weighted by atomic mass is 16.6. The van der Waals surface area contributed by atoms with Gasteiger partial charge in [0, 0.05) is 12.1 Å². The third-order valence-corrected chi connectivity index (χ3v) is 4.16. The Kier molecular flexibility index (Phi) is 6.82. The van der Waals surface area contributed by atoms with Gasteiger partial charge in [-0.1, -0.05) is 30.3 Å². The fourth-order valence-electron chi connectivity index (χ4n) is 2.53. The molecule has 0 spiro atoms. The topological polar surface area (TPSA) is 131 Å². The summed E-state index contributed by atoms with van der Waals surface area (Å²) in [5.74, 6) is -1.06. The molecule has 1 atom stereocenters. The smallest absolute Gasteiger partial charge is 0.343 e. The number of aliphatic hydroxyl groups excluding tert-OH is 1. The third-order valence-electron chi connectivity index (χ3n) is 4.16. The van der Waals surface area contributed by atoms with Crippen molar-refractivity contribution in [2.45, 2.75) is 6.10 Å². The molecule has 0 aromatic heterocycles. The predicted octanol–water partition coefficient (Wildman–Crippen LogP) is 3.00. The second kappa shape index (κ2) is 9.90. The lowest BCUT2D eigenvalue weighted by atomic mass is 10.1. The van der Waals surface area contributed by atoms with Crippen molar-refractivity contribution in [2.75, 3.05) is 0 Å². The Morgan fingerprint density at radius 3 is 2.26 bits per heavy atom. The number of rotatable bonds is 7. The lowest BCUT2D eigenvalue weighted by molar-refractivity contribution is -0.384. The zero-order chi connectivity index (χ0) is 22.2. The van der Waals surface area contributed by atoms with Gasteiger partial charge in [0.15, 0.2) is 6.10 Å². The van der Waals surface area contributed by atoms with Crippen molar-refractivity contribution < 1.29 is 24.4 Å². The SMILES string of the molecule is O=C(Oc1ccc(/C=N/NC(=O)C(O)c2ccccc2)cc1)c1ccc([N+](=O)[O-])cc1. The molecule has 0 heterocycles. The summed E-state index contributed by atoms with van der Waals surface area (Å²) in [4.78, 5) is 34.2. The van der Waals surface area contributed by atoms with Crippen LogP contribution >= 0.6 is 0 Å². The number of hydrazone groups is 1. The van der Waals surface area contributed by atoms with E-state index in [1.807, 2.05) is 0 Å². The Balaban J connectivity index is 1.54. The molecule has 2 N–H and O–H groups in total. The fraction of sp³-hybridized carbons (Fsp3) is 0.0455. The van der Waals surface area contributed by atoms with E-state index in [9.17, 15) is 24.8 Å². The van der Waals surface area contributed by atoms with E-state index < -0.39 is 22.9 Å². The van der Waals surface area contributed by atoms with Crippen LogP contribution in [0.2, 0.25) is 0 Å². The van der Waals surface area contributed by atoms with Gasteiger partial charge in [-0.3, -0.25) is 14.9 Å². The highest BCUT2D eigenvalue weighted by Crippen LogP contribution is 2.16. The molecule has 0 aliphatic carbocycles.